The number of rotatable bonds is 4. The number of hydrogen-bond donors (Lipinski definition) is 2. The molecule has 0 aliphatic heterocycles. The molecule has 22 heavy (non-hydrogen) atoms. The van der Waals surface area contributed by atoms with Crippen molar-refractivity contribution >= 4 is 45.7 Å². The second-order valence-electron chi connectivity index (χ2n) is 4.35. The Balaban J connectivity index is 0.00000242. The van der Waals surface area contributed by atoms with Gasteiger partial charge in [-0.1, -0.05) is 72.3 Å². The molecule has 0 heterocycles. The molecule has 0 aliphatic rings. The highest BCUT2D eigenvalue weighted by Crippen LogP contribution is 2.22. The summed E-state index contributed by atoms with van der Waals surface area (Å²) in [5.41, 5.74) is 7.64. The lowest BCUT2D eigenvalue weighted by Crippen LogP contribution is -3.00. The SMILES string of the molecule is N/C(=[NH+]/C(Cl)=C(/Cl)c1ccccc1)C(Cl)c1ccccc1.[Cl-]. The molecule has 0 bridgehead atoms. The number of hydrogen-bond acceptors (Lipinski definition) is 0. The van der Waals surface area contributed by atoms with Gasteiger partial charge >= 0.3 is 0 Å². The Morgan fingerprint density at radius 2 is 1.41 bits per heavy atom. The summed E-state index contributed by atoms with van der Waals surface area (Å²) in [6.45, 7) is 0. The van der Waals surface area contributed by atoms with E-state index in [9.17, 15) is 0 Å². The van der Waals surface area contributed by atoms with Crippen molar-refractivity contribution in [2.75, 3.05) is 0 Å². The summed E-state index contributed by atoms with van der Waals surface area (Å²) in [5, 5.41) is 0.124. The number of benzene rings is 2. The minimum atomic E-state index is -0.500. The fourth-order valence-electron chi connectivity index (χ4n) is 1.76. The number of nitrogens with two attached hydrogens (primary N) is 1. The third-order valence-corrected chi connectivity index (χ3v) is 4.11. The Labute approximate surface area is 151 Å². The largest absolute Gasteiger partial charge is 1.00 e. The van der Waals surface area contributed by atoms with Gasteiger partial charge in [0, 0.05) is 0 Å². The second-order valence-corrected chi connectivity index (χ2v) is 5.54. The molecule has 0 saturated heterocycles. The maximum Gasteiger partial charge on any atom is 0.269 e. The molecule has 0 radical (unpaired) electrons. The maximum absolute atomic E-state index is 6.30. The molecule has 0 amide bonds. The zero-order chi connectivity index (χ0) is 15.2. The molecule has 0 fully saturated rings. The van der Waals surface area contributed by atoms with Gasteiger partial charge in [-0.3, -0.25) is 5.73 Å². The van der Waals surface area contributed by atoms with Gasteiger partial charge in [0.2, 0.25) is 5.16 Å². The van der Waals surface area contributed by atoms with Gasteiger partial charge in [0.05, 0.1) is 0 Å². The van der Waals surface area contributed by atoms with Crippen molar-refractivity contribution in [2.45, 2.75) is 5.38 Å². The molecular formula is C16H14Cl4N2. The van der Waals surface area contributed by atoms with Crippen molar-refractivity contribution in [3.8, 4) is 0 Å². The number of amidine groups is 1. The van der Waals surface area contributed by atoms with Crippen LogP contribution in [-0.2, 0) is 0 Å². The van der Waals surface area contributed by atoms with E-state index >= 15 is 0 Å². The molecule has 1 unspecified atom stereocenters. The first-order chi connectivity index (χ1) is 10.1. The van der Waals surface area contributed by atoms with E-state index in [1.807, 2.05) is 60.7 Å². The summed E-state index contributed by atoms with van der Waals surface area (Å²) in [6.07, 6.45) is 0. The van der Waals surface area contributed by atoms with Gasteiger partial charge < -0.3 is 12.4 Å². The van der Waals surface area contributed by atoms with E-state index < -0.39 is 5.38 Å². The first-order valence-corrected chi connectivity index (χ1v) is 7.48. The van der Waals surface area contributed by atoms with E-state index in [4.69, 9.17) is 40.5 Å². The topological polar surface area (TPSA) is 40.0 Å². The van der Waals surface area contributed by atoms with Crippen molar-refractivity contribution in [1.29, 1.82) is 0 Å². The highest BCUT2D eigenvalue weighted by Gasteiger charge is 2.18. The van der Waals surface area contributed by atoms with E-state index in [1.165, 1.54) is 0 Å². The third kappa shape index (κ3) is 4.92. The van der Waals surface area contributed by atoms with Crippen LogP contribution in [0.25, 0.3) is 5.03 Å². The zero-order valence-corrected chi connectivity index (χ0v) is 14.5. The maximum atomic E-state index is 6.30. The molecule has 2 nitrogen and oxygen atoms in total. The molecule has 2 aromatic carbocycles. The van der Waals surface area contributed by atoms with Crippen LogP contribution in [0.5, 0.6) is 0 Å². The van der Waals surface area contributed by atoms with E-state index in [1.54, 1.807) is 0 Å². The first kappa shape index (κ1) is 18.9. The average molecular weight is 376 g/mol. The van der Waals surface area contributed by atoms with Gasteiger partial charge in [-0.2, -0.15) is 0 Å². The lowest BCUT2D eigenvalue weighted by molar-refractivity contribution is -0.384. The minimum absolute atomic E-state index is 0. The van der Waals surface area contributed by atoms with Crippen LogP contribution in [0, 0.1) is 0 Å². The molecule has 0 saturated carbocycles. The summed E-state index contributed by atoms with van der Waals surface area (Å²) in [4.78, 5) is 2.85. The Morgan fingerprint density at radius 1 is 0.909 bits per heavy atom. The van der Waals surface area contributed by atoms with E-state index in [-0.39, 0.29) is 17.6 Å². The Bertz CT molecular complexity index is 654. The lowest BCUT2D eigenvalue weighted by atomic mass is 10.1. The minimum Gasteiger partial charge on any atom is -1.00 e. The van der Waals surface area contributed by atoms with Gasteiger partial charge in [0.25, 0.3) is 5.84 Å². The molecule has 2 rings (SSSR count). The van der Waals surface area contributed by atoms with E-state index in [2.05, 4.69) is 4.99 Å². The predicted octanol–water partition coefficient (Wildman–Crippen LogP) is 0.212. The van der Waals surface area contributed by atoms with Crippen molar-refractivity contribution in [2.24, 2.45) is 5.73 Å². The molecule has 0 spiro atoms. The van der Waals surface area contributed by atoms with Crippen molar-refractivity contribution in [3.05, 3.63) is 76.9 Å². The smallest absolute Gasteiger partial charge is 0.269 e. The van der Waals surface area contributed by atoms with Gasteiger partial charge in [0.15, 0.2) is 5.38 Å². The van der Waals surface area contributed by atoms with Crippen molar-refractivity contribution in [3.63, 3.8) is 0 Å². The normalized spacial score (nSPS) is 13.9. The van der Waals surface area contributed by atoms with Crippen molar-refractivity contribution in [1.82, 2.24) is 0 Å². The van der Waals surface area contributed by atoms with Crippen LogP contribution in [0.3, 0.4) is 0 Å². The molecule has 116 valence electrons. The van der Waals surface area contributed by atoms with Crippen LogP contribution in [0.4, 0.5) is 0 Å². The van der Waals surface area contributed by atoms with Crippen LogP contribution in [-0.4, -0.2) is 5.84 Å². The zero-order valence-electron chi connectivity index (χ0n) is 11.4. The van der Waals surface area contributed by atoms with Gasteiger partial charge in [-0.05, 0) is 22.7 Å². The Kier molecular flexibility index (Phi) is 7.77. The number of halogens is 4. The quantitative estimate of drug-likeness (QED) is 0.341. The number of nitrogens with one attached hydrogen (secondary N) is 1. The van der Waals surface area contributed by atoms with Crippen molar-refractivity contribution < 1.29 is 17.4 Å². The fourth-order valence-corrected chi connectivity index (χ4v) is 2.35. The molecule has 6 heteroatoms. The Morgan fingerprint density at radius 3 is 1.95 bits per heavy atom. The van der Waals surface area contributed by atoms with Gasteiger partial charge in [0.1, 0.15) is 5.03 Å². The second kappa shape index (κ2) is 9.06. The summed E-state index contributed by atoms with van der Waals surface area (Å²) in [7, 11) is 0. The summed E-state index contributed by atoms with van der Waals surface area (Å²) in [6, 6.07) is 18.9. The van der Waals surface area contributed by atoms with Crippen LogP contribution < -0.4 is 23.1 Å². The highest BCUT2D eigenvalue weighted by molar-refractivity contribution is 6.53. The summed E-state index contributed by atoms with van der Waals surface area (Å²) in [5.74, 6) is 0.321. The molecular weight excluding hydrogens is 362 g/mol. The van der Waals surface area contributed by atoms with E-state index in [0.29, 0.717) is 10.9 Å². The Hall–Kier alpha value is -1.19. The fraction of sp³-hybridized carbons (Fsp3) is 0.0625. The standard InChI is InChI=1S/C16H13Cl3N2.ClH/c17-13(11-7-3-1-4-8-11)15(19)21-16(20)14(18)12-9-5-2-6-10-12;/h1-10,14H,(H2,20,21);1H/b15-13+;. The molecule has 1 atom stereocenters. The van der Waals surface area contributed by atoms with E-state index in [0.717, 1.165) is 11.1 Å². The summed E-state index contributed by atoms with van der Waals surface area (Å²) < 4.78 is 0. The highest BCUT2D eigenvalue weighted by atomic mass is 35.5. The lowest BCUT2D eigenvalue weighted by Gasteiger charge is -2.05. The third-order valence-electron chi connectivity index (χ3n) is 2.84. The van der Waals surface area contributed by atoms with Gasteiger partial charge in [-0.15, -0.1) is 11.6 Å². The van der Waals surface area contributed by atoms with Crippen LogP contribution in [0.15, 0.2) is 65.8 Å². The first-order valence-electron chi connectivity index (χ1n) is 6.28. The summed E-state index contributed by atoms with van der Waals surface area (Å²) >= 11 is 18.7. The monoisotopic (exact) mass is 374 g/mol. The predicted molar refractivity (Wildman–Crippen MR) is 90.3 cm³/mol. The van der Waals surface area contributed by atoms with Crippen LogP contribution >= 0.6 is 34.8 Å². The van der Waals surface area contributed by atoms with Crippen LogP contribution in [0.2, 0.25) is 0 Å². The molecule has 3 N–H and O–H groups in total. The molecule has 2 aromatic rings. The van der Waals surface area contributed by atoms with Gasteiger partial charge in [-0.25, -0.2) is 4.99 Å². The average Bonchev–Trinajstić information content (AvgIpc) is 2.55. The molecule has 0 aliphatic carbocycles. The van der Waals surface area contributed by atoms with Crippen LogP contribution in [0.1, 0.15) is 16.5 Å². The number of alkyl halides is 1. The molecule has 0 aromatic heterocycles.